The number of hydrogen-bond donors (Lipinski definition) is 1. The Morgan fingerprint density at radius 2 is 2.25 bits per heavy atom. The van der Waals surface area contributed by atoms with Crippen LogP contribution in [-0.4, -0.2) is 20.9 Å². The van der Waals surface area contributed by atoms with Crippen molar-refractivity contribution in [3.05, 3.63) is 27.7 Å². The number of aromatic nitrogens is 2. The molecule has 1 N–H and O–H groups in total. The minimum absolute atomic E-state index is 0.242. The number of nitrogens with zero attached hydrogens (tertiary/aromatic N) is 2. The Bertz CT molecular complexity index is 437. The van der Waals surface area contributed by atoms with Gasteiger partial charge in [0.1, 0.15) is 0 Å². The molecular formula is C11H16N2O3. The summed E-state index contributed by atoms with van der Waals surface area (Å²) in [6.45, 7) is 4.33. The fourth-order valence-corrected chi connectivity index (χ4v) is 1.49. The Balaban J connectivity index is 3.05. The Kier molecular flexibility index (Phi) is 4.22. The molecule has 0 saturated heterocycles. The summed E-state index contributed by atoms with van der Waals surface area (Å²) in [5.41, 5.74) is 0.685. The van der Waals surface area contributed by atoms with E-state index in [-0.39, 0.29) is 12.0 Å². The van der Waals surface area contributed by atoms with Gasteiger partial charge in [-0.25, -0.2) is 4.68 Å². The highest BCUT2D eigenvalue weighted by Crippen LogP contribution is 1.98. The van der Waals surface area contributed by atoms with Gasteiger partial charge in [-0.1, -0.05) is 13.3 Å². The molecule has 0 fully saturated rings. The number of rotatable bonds is 5. The first-order chi connectivity index (χ1) is 7.54. The molecule has 0 spiro atoms. The smallest absolute Gasteiger partial charge is 0.308 e. The molecule has 0 amide bonds. The quantitative estimate of drug-likeness (QED) is 0.809. The summed E-state index contributed by atoms with van der Waals surface area (Å²) in [6.07, 6.45) is 1.59. The van der Waals surface area contributed by atoms with Gasteiger partial charge < -0.3 is 5.11 Å². The van der Waals surface area contributed by atoms with Crippen molar-refractivity contribution in [2.75, 3.05) is 0 Å². The Hall–Kier alpha value is -1.65. The summed E-state index contributed by atoms with van der Waals surface area (Å²) in [5, 5.41) is 12.8. The van der Waals surface area contributed by atoms with E-state index in [0.29, 0.717) is 17.8 Å². The molecule has 1 rings (SSSR count). The number of aryl methyl sites for hydroxylation is 2. The molecule has 0 aromatic carbocycles. The van der Waals surface area contributed by atoms with Gasteiger partial charge in [0.25, 0.3) is 5.56 Å². The van der Waals surface area contributed by atoms with Crippen molar-refractivity contribution in [2.24, 2.45) is 0 Å². The highest BCUT2D eigenvalue weighted by Gasteiger charge is 2.09. The maximum Gasteiger partial charge on any atom is 0.308 e. The molecule has 16 heavy (non-hydrogen) atoms. The van der Waals surface area contributed by atoms with Crippen LogP contribution in [0.5, 0.6) is 0 Å². The Labute approximate surface area is 93.7 Å². The zero-order chi connectivity index (χ0) is 12.1. The summed E-state index contributed by atoms with van der Waals surface area (Å²) in [5.74, 6) is -0.996. The number of carboxylic acids is 1. The molecule has 0 unspecified atom stereocenters. The Morgan fingerprint density at radius 1 is 1.56 bits per heavy atom. The van der Waals surface area contributed by atoms with Gasteiger partial charge in [-0.3, -0.25) is 9.59 Å². The topological polar surface area (TPSA) is 72.2 Å². The van der Waals surface area contributed by atoms with E-state index in [2.05, 4.69) is 5.10 Å². The number of carboxylic acid groups (broad SMARTS) is 1. The monoisotopic (exact) mass is 224 g/mol. The highest BCUT2D eigenvalue weighted by molar-refractivity contribution is 5.69. The van der Waals surface area contributed by atoms with Gasteiger partial charge in [0.15, 0.2) is 0 Å². The van der Waals surface area contributed by atoms with E-state index in [9.17, 15) is 9.59 Å². The Morgan fingerprint density at radius 3 is 2.81 bits per heavy atom. The molecule has 5 nitrogen and oxygen atoms in total. The molecule has 1 aromatic heterocycles. The number of hydrogen-bond acceptors (Lipinski definition) is 3. The lowest BCUT2D eigenvalue weighted by atomic mass is 10.2. The third kappa shape index (κ3) is 3.18. The molecular weight excluding hydrogens is 208 g/mol. The zero-order valence-electron chi connectivity index (χ0n) is 9.56. The van der Waals surface area contributed by atoms with Gasteiger partial charge in [-0.15, -0.1) is 0 Å². The molecule has 0 aliphatic rings. The predicted molar refractivity (Wildman–Crippen MR) is 59.5 cm³/mol. The molecule has 1 aromatic rings. The average molecular weight is 224 g/mol. The first-order valence-corrected chi connectivity index (χ1v) is 5.34. The van der Waals surface area contributed by atoms with E-state index in [1.54, 1.807) is 13.0 Å². The second kappa shape index (κ2) is 5.44. The van der Waals surface area contributed by atoms with Gasteiger partial charge in [0.2, 0.25) is 0 Å². The van der Waals surface area contributed by atoms with Crippen molar-refractivity contribution in [3.63, 3.8) is 0 Å². The molecule has 0 aliphatic heterocycles. The summed E-state index contributed by atoms with van der Waals surface area (Å²) < 4.78 is 1.36. The molecule has 1 heterocycles. The van der Waals surface area contributed by atoms with E-state index >= 15 is 0 Å². The summed E-state index contributed by atoms with van der Waals surface area (Å²) in [7, 11) is 0. The van der Waals surface area contributed by atoms with Crippen molar-refractivity contribution in [1.29, 1.82) is 0 Å². The molecule has 0 aliphatic carbocycles. The molecule has 0 atom stereocenters. The predicted octanol–water partition coefficient (Wildman–Crippen LogP) is 0.979. The zero-order valence-corrected chi connectivity index (χ0v) is 9.56. The molecule has 0 bridgehead atoms. The third-order valence-electron chi connectivity index (χ3n) is 2.24. The van der Waals surface area contributed by atoms with E-state index in [0.717, 1.165) is 12.8 Å². The van der Waals surface area contributed by atoms with Crippen molar-refractivity contribution in [2.45, 2.75) is 39.7 Å². The van der Waals surface area contributed by atoms with Gasteiger partial charge >= 0.3 is 5.97 Å². The normalized spacial score (nSPS) is 10.4. The average Bonchev–Trinajstić information content (AvgIpc) is 2.20. The maximum atomic E-state index is 11.8. The van der Waals surface area contributed by atoms with Crippen LogP contribution in [0.1, 0.15) is 31.0 Å². The van der Waals surface area contributed by atoms with E-state index in [1.807, 2.05) is 6.92 Å². The van der Waals surface area contributed by atoms with Crippen molar-refractivity contribution in [1.82, 2.24) is 9.78 Å². The summed E-state index contributed by atoms with van der Waals surface area (Å²) in [4.78, 5) is 22.4. The molecule has 0 radical (unpaired) electrons. The van der Waals surface area contributed by atoms with E-state index < -0.39 is 5.97 Å². The van der Waals surface area contributed by atoms with E-state index in [1.165, 1.54) is 4.68 Å². The van der Waals surface area contributed by atoms with Gasteiger partial charge in [0, 0.05) is 12.1 Å². The van der Waals surface area contributed by atoms with Crippen LogP contribution in [0.3, 0.4) is 0 Å². The number of carbonyl (C=O) groups is 1. The lowest BCUT2D eigenvalue weighted by Crippen LogP contribution is -2.28. The van der Waals surface area contributed by atoms with Crippen LogP contribution in [0.15, 0.2) is 10.9 Å². The fraction of sp³-hybridized carbons (Fsp3) is 0.545. The van der Waals surface area contributed by atoms with Crippen molar-refractivity contribution >= 4 is 5.97 Å². The standard InChI is InChI=1S/C11H16N2O3/c1-3-4-5-13-11(16)9(7-10(14)15)6-8(2)12-13/h6H,3-5,7H2,1-2H3,(H,14,15). The molecule has 88 valence electrons. The van der Waals surface area contributed by atoms with Crippen molar-refractivity contribution in [3.8, 4) is 0 Å². The fourth-order valence-electron chi connectivity index (χ4n) is 1.49. The second-order valence-electron chi connectivity index (χ2n) is 3.76. The first kappa shape index (κ1) is 12.4. The van der Waals surface area contributed by atoms with Gasteiger partial charge in [-0.05, 0) is 19.4 Å². The van der Waals surface area contributed by atoms with Gasteiger partial charge in [-0.2, -0.15) is 5.10 Å². The lowest BCUT2D eigenvalue weighted by molar-refractivity contribution is -0.136. The highest BCUT2D eigenvalue weighted by atomic mass is 16.4. The van der Waals surface area contributed by atoms with Crippen molar-refractivity contribution < 1.29 is 9.90 Å². The van der Waals surface area contributed by atoms with E-state index in [4.69, 9.17) is 5.11 Å². The summed E-state index contributed by atoms with van der Waals surface area (Å²) in [6, 6.07) is 1.54. The van der Waals surface area contributed by atoms with Crippen LogP contribution < -0.4 is 5.56 Å². The minimum Gasteiger partial charge on any atom is -0.481 e. The van der Waals surface area contributed by atoms with Crippen LogP contribution in [0.25, 0.3) is 0 Å². The maximum absolute atomic E-state index is 11.8. The summed E-state index contributed by atoms with van der Waals surface area (Å²) >= 11 is 0. The van der Waals surface area contributed by atoms with Crippen LogP contribution in [-0.2, 0) is 17.8 Å². The minimum atomic E-state index is -0.996. The SMILES string of the molecule is CCCCn1nc(C)cc(CC(=O)O)c1=O. The largest absolute Gasteiger partial charge is 0.481 e. The van der Waals surface area contributed by atoms with Gasteiger partial charge in [0.05, 0.1) is 12.1 Å². The van der Waals surface area contributed by atoms with Crippen LogP contribution in [0, 0.1) is 6.92 Å². The number of aliphatic carboxylic acids is 1. The van der Waals surface area contributed by atoms with Crippen LogP contribution in [0.4, 0.5) is 0 Å². The van der Waals surface area contributed by atoms with Crippen LogP contribution >= 0.6 is 0 Å². The van der Waals surface area contributed by atoms with Crippen LogP contribution in [0.2, 0.25) is 0 Å². The second-order valence-corrected chi connectivity index (χ2v) is 3.76. The molecule has 0 saturated carbocycles. The number of unbranched alkanes of at least 4 members (excludes halogenated alkanes) is 1. The first-order valence-electron chi connectivity index (χ1n) is 5.34. The molecule has 5 heteroatoms. The third-order valence-corrected chi connectivity index (χ3v) is 2.24. The lowest BCUT2D eigenvalue weighted by Gasteiger charge is -2.06.